The maximum Gasteiger partial charge on any atom is 0.122 e. The van der Waals surface area contributed by atoms with Crippen LogP contribution in [0.15, 0.2) is 22.7 Å². The highest BCUT2D eigenvalue weighted by Gasteiger charge is 2.20. The third kappa shape index (κ3) is 3.50. The number of hydrogen-bond acceptors (Lipinski definition) is 2. The number of aliphatic hydroxyl groups is 1. The van der Waals surface area contributed by atoms with Crippen LogP contribution in [-0.2, 0) is 6.42 Å². The molecule has 1 rings (SSSR count). The van der Waals surface area contributed by atoms with Gasteiger partial charge in [-0.25, -0.2) is 0 Å². The molecule has 0 radical (unpaired) electrons. The summed E-state index contributed by atoms with van der Waals surface area (Å²) in [6.45, 7) is 3.82. The third-order valence-electron chi connectivity index (χ3n) is 2.58. The lowest BCUT2D eigenvalue weighted by molar-refractivity contribution is 0.0558. The van der Waals surface area contributed by atoms with Gasteiger partial charge in [0.25, 0.3) is 0 Å². The molecule has 0 spiro atoms. The Labute approximate surface area is 99.4 Å². The minimum absolute atomic E-state index is 0.603. The highest BCUT2D eigenvalue weighted by molar-refractivity contribution is 9.10. The second-order valence-electron chi connectivity index (χ2n) is 3.98. The zero-order valence-electron chi connectivity index (χ0n) is 9.38. The highest BCUT2D eigenvalue weighted by Crippen LogP contribution is 2.27. The fourth-order valence-corrected chi connectivity index (χ4v) is 1.83. The van der Waals surface area contributed by atoms with Crippen LogP contribution in [0.5, 0.6) is 5.75 Å². The van der Waals surface area contributed by atoms with E-state index in [4.69, 9.17) is 4.74 Å². The molecule has 3 heteroatoms. The van der Waals surface area contributed by atoms with Crippen LogP contribution in [0, 0.1) is 0 Å². The van der Waals surface area contributed by atoms with Crippen molar-refractivity contribution in [1.29, 1.82) is 0 Å². The van der Waals surface area contributed by atoms with E-state index in [0.29, 0.717) is 6.42 Å². The molecule has 0 amide bonds. The van der Waals surface area contributed by atoms with Gasteiger partial charge in [-0.05, 0) is 37.1 Å². The van der Waals surface area contributed by atoms with Crippen LogP contribution in [0.25, 0.3) is 0 Å². The monoisotopic (exact) mass is 272 g/mol. The number of halogens is 1. The Hall–Kier alpha value is -0.540. The third-order valence-corrected chi connectivity index (χ3v) is 3.07. The molecule has 0 aliphatic carbocycles. The number of hydrogen-bond donors (Lipinski definition) is 1. The van der Waals surface area contributed by atoms with Crippen LogP contribution in [0.3, 0.4) is 0 Å². The van der Waals surface area contributed by atoms with Crippen LogP contribution in [0.2, 0.25) is 0 Å². The molecule has 84 valence electrons. The lowest BCUT2D eigenvalue weighted by atomic mass is 9.93. The van der Waals surface area contributed by atoms with E-state index in [1.165, 1.54) is 0 Å². The molecule has 0 aliphatic heterocycles. The van der Waals surface area contributed by atoms with E-state index in [1.807, 2.05) is 32.0 Å². The van der Waals surface area contributed by atoms with Crippen molar-refractivity contribution >= 4 is 15.9 Å². The van der Waals surface area contributed by atoms with Gasteiger partial charge in [-0.2, -0.15) is 0 Å². The van der Waals surface area contributed by atoms with Gasteiger partial charge in [0.15, 0.2) is 0 Å². The Balaban J connectivity index is 2.97. The predicted octanol–water partition coefficient (Wildman–Crippen LogP) is 3.16. The largest absolute Gasteiger partial charge is 0.496 e. The predicted molar refractivity (Wildman–Crippen MR) is 65.3 cm³/mol. The molecule has 0 saturated heterocycles. The molecule has 1 aromatic carbocycles. The Kier molecular flexibility index (Phi) is 4.17. The van der Waals surface area contributed by atoms with Crippen molar-refractivity contribution in [3.63, 3.8) is 0 Å². The van der Waals surface area contributed by atoms with Crippen molar-refractivity contribution in [2.24, 2.45) is 0 Å². The molecule has 1 atom stereocenters. The zero-order chi connectivity index (χ0) is 11.5. The Bertz CT molecular complexity index is 334. The van der Waals surface area contributed by atoms with Gasteiger partial charge in [0.1, 0.15) is 5.75 Å². The first-order valence-corrected chi connectivity index (χ1v) is 5.82. The summed E-state index contributed by atoms with van der Waals surface area (Å²) < 4.78 is 6.26. The van der Waals surface area contributed by atoms with Crippen LogP contribution in [-0.4, -0.2) is 17.8 Å². The smallest absolute Gasteiger partial charge is 0.122 e. The van der Waals surface area contributed by atoms with Gasteiger partial charge in [0, 0.05) is 10.9 Å². The molecule has 15 heavy (non-hydrogen) atoms. The van der Waals surface area contributed by atoms with E-state index < -0.39 is 5.60 Å². The quantitative estimate of drug-likeness (QED) is 0.913. The standard InChI is InChI=1S/C12H17BrO2/c1-4-12(2,14)8-9-7-10(13)5-6-11(9)15-3/h5-7,14H,4,8H2,1-3H3. The van der Waals surface area contributed by atoms with Crippen molar-refractivity contribution in [1.82, 2.24) is 0 Å². The van der Waals surface area contributed by atoms with Crippen molar-refractivity contribution < 1.29 is 9.84 Å². The van der Waals surface area contributed by atoms with Crippen LogP contribution in [0.1, 0.15) is 25.8 Å². The van der Waals surface area contributed by atoms with Gasteiger partial charge in [-0.3, -0.25) is 0 Å². The number of ether oxygens (including phenoxy) is 1. The Morgan fingerprint density at radius 3 is 2.67 bits per heavy atom. The number of methoxy groups -OCH3 is 1. The van der Waals surface area contributed by atoms with Crippen molar-refractivity contribution in [2.75, 3.05) is 7.11 Å². The topological polar surface area (TPSA) is 29.5 Å². The summed E-state index contributed by atoms with van der Waals surface area (Å²) in [6, 6.07) is 5.83. The molecule has 0 bridgehead atoms. The summed E-state index contributed by atoms with van der Waals surface area (Å²) in [7, 11) is 1.65. The molecular weight excluding hydrogens is 256 g/mol. The summed E-state index contributed by atoms with van der Waals surface area (Å²) in [4.78, 5) is 0. The Morgan fingerprint density at radius 1 is 1.47 bits per heavy atom. The summed E-state index contributed by atoms with van der Waals surface area (Å²) >= 11 is 3.42. The number of benzene rings is 1. The molecule has 0 heterocycles. The van der Waals surface area contributed by atoms with Crippen molar-refractivity contribution in [3.8, 4) is 5.75 Å². The van der Waals surface area contributed by atoms with Gasteiger partial charge in [0.2, 0.25) is 0 Å². The van der Waals surface area contributed by atoms with E-state index in [-0.39, 0.29) is 0 Å². The van der Waals surface area contributed by atoms with E-state index in [0.717, 1.165) is 22.2 Å². The van der Waals surface area contributed by atoms with E-state index in [2.05, 4.69) is 15.9 Å². The molecule has 0 fully saturated rings. The highest BCUT2D eigenvalue weighted by atomic mass is 79.9. The first-order chi connectivity index (χ1) is 6.98. The Morgan fingerprint density at radius 2 is 2.13 bits per heavy atom. The summed E-state index contributed by atoms with van der Waals surface area (Å²) in [5.41, 5.74) is 0.354. The molecule has 0 aliphatic rings. The average Bonchev–Trinajstić information content (AvgIpc) is 2.18. The fraction of sp³-hybridized carbons (Fsp3) is 0.500. The lowest BCUT2D eigenvalue weighted by Crippen LogP contribution is -2.26. The fourth-order valence-electron chi connectivity index (χ4n) is 1.42. The van der Waals surface area contributed by atoms with Crippen molar-refractivity contribution in [3.05, 3.63) is 28.2 Å². The average molecular weight is 273 g/mol. The van der Waals surface area contributed by atoms with Crippen LogP contribution in [0.4, 0.5) is 0 Å². The maximum absolute atomic E-state index is 10.0. The summed E-state index contributed by atoms with van der Waals surface area (Å²) in [5, 5.41) is 10.0. The van der Waals surface area contributed by atoms with Crippen molar-refractivity contribution in [2.45, 2.75) is 32.3 Å². The summed E-state index contributed by atoms with van der Waals surface area (Å²) in [6.07, 6.45) is 1.33. The van der Waals surface area contributed by atoms with E-state index >= 15 is 0 Å². The summed E-state index contributed by atoms with van der Waals surface area (Å²) in [5.74, 6) is 0.826. The number of rotatable bonds is 4. The van der Waals surface area contributed by atoms with E-state index in [1.54, 1.807) is 7.11 Å². The molecule has 1 aromatic rings. The van der Waals surface area contributed by atoms with Gasteiger partial charge in [0.05, 0.1) is 12.7 Å². The van der Waals surface area contributed by atoms with Crippen LogP contribution < -0.4 is 4.74 Å². The minimum atomic E-state index is -0.673. The van der Waals surface area contributed by atoms with Gasteiger partial charge in [-0.1, -0.05) is 22.9 Å². The molecule has 1 N–H and O–H groups in total. The SMILES string of the molecule is CCC(C)(O)Cc1cc(Br)ccc1OC. The van der Waals surface area contributed by atoms with Gasteiger partial charge >= 0.3 is 0 Å². The lowest BCUT2D eigenvalue weighted by Gasteiger charge is -2.22. The second-order valence-corrected chi connectivity index (χ2v) is 4.90. The van der Waals surface area contributed by atoms with Gasteiger partial charge in [-0.15, -0.1) is 0 Å². The first kappa shape index (κ1) is 12.5. The van der Waals surface area contributed by atoms with E-state index in [9.17, 15) is 5.11 Å². The first-order valence-electron chi connectivity index (χ1n) is 5.03. The van der Waals surface area contributed by atoms with Crippen LogP contribution >= 0.6 is 15.9 Å². The minimum Gasteiger partial charge on any atom is -0.496 e. The molecule has 2 nitrogen and oxygen atoms in total. The molecule has 0 saturated carbocycles. The molecule has 1 unspecified atom stereocenters. The molecular formula is C12H17BrO2. The normalized spacial score (nSPS) is 14.7. The maximum atomic E-state index is 10.0. The zero-order valence-corrected chi connectivity index (χ0v) is 11.0. The second kappa shape index (κ2) is 4.99. The molecule has 0 aromatic heterocycles. The van der Waals surface area contributed by atoms with Gasteiger partial charge < -0.3 is 9.84 Å².